The lowest BCUT2D eigenvalue weighted by Crippen LogP contribution is -2.33. The molecule has 5 rings (SSSR count). The molecule has 0 radical (unpaired) electrons. The van der Waals surface area contributed by atoms with Gasteiger partial charge >= 0.3 is 0 Å². The Hall–Kier alpha value is -3.97. The molecular formula is C26H21N3O3S. The van der Waals surface area contributed by atoms with E-state index in [1.54, 1.807) is 6.07 Å². The number of hydrogen-bond donors (Lipinski definition) is 2. The van der Waals surface area contributed by atoms with Gasteiger partial charge in [-0.15, -0.1) is 0 Å². The molecule has 0 saturated carbocycles. The Bertz CT molecular complexity index is 1470. The molecule has 0 saturated heterocycles. The number of hydrogen-bond acceptors (Lipinski definition) is 5. The Balaban J connectivity index is 1.31. The van der Waals surface area contributed by atoms with Crippen LogP contribution < -0.4 is 10.6 Å². The highest BCUT2D eigenvalue weighted by molar-refractivity contribution is 7.80. The molecule has 1 amide bonds. The van der Waals surface area contributed by atoms with Gasteiger partial charge in [-0.2, -0.15) is 0 Å². The fourth-order valence-electron chi connectivity index (χ4n) is 3.58. The summed E-state index contributed by atoms with van der Waals surface area (Å²) in [6.07, 6.45) is 0. The second kappa shape index (κ2) is 8.52. The molecule has 2 aromatic heterocycles. The van der Waals surface area contributed by atoms with Crippen LogP contribution in [0.25, 0.3) is 33.5 Å². The summed E-state index contributed by atoms with van der Waals surface area (Å²) in [6, 6.07) is 22.7. The fourth-order valence-corrected chi connectivity index (χ4v) is 3.79. The first-order chi connectivity index (χ1) is 16.0. The number of benzene rings is 3. The highest BCUT2D eigenvalue weighted by Crippen LogP contribution is 2.28. The summed E-state index contributed by atoms with van der Waals surface area (Å²) >= 11 is 5.32. The minimum atomic E-state index is -0.417. The van der Waals surface area contributed by atoms with Crippen molar-refractivity contribution in [3.63, 3.8) is 0 Å². The number of carbonyl (C=O) groups excluding carboxylic acids is 1. The third kappa shape index (κ3) is 4.36. The fraction of sp³-hybridized carbons (Fsp3) is 0.115. The van der Waals surface area contributed by atoms with Gasteiger partial charge in [0.15, 0.2) is 16.5 Å². The zero-order valence-electron chi connectivity index (χ0n) is 18.1. The van der Waals surface area contributed by atoms with Crippen LogP contribution in [0.15, 0.2) is 81.6 Å². The number of carbonyl (C=O) groups is 1. The summed E-state index contributed by atoms with van der Waals surface area (Å²) in [5, 5.41) is 6.70. The second-order valence-electron chi connectivity index (χ2n) is 8.04. The molecule has 2 heterocycles. The summed E-state index contributed by atoms with van der Waals surface area (Å²) in [7, 11) is 0. The molecule has 0 aliphatic heterocycles. The lowest BCUT2D eigenvalue weighted by molar-refractivity contribution is 0.0953. The molecule has 7 heteroatoms. The molecule has 0 atom stereocenters. The number of fused-ring (bicyclic) bond motifs is 2. The van der Waals surface area contributed by atoms with Gasteiger partial charge in [0.2, 0.25) is 5.89 Å². The average molecular weight is 456 g/mol. The molecule has 33 heavy (non-hydrogen) atoms. The van der Waals surface area contributed by atoms with Gasteiger partial charge in [0, 0.05) is 16.6 Å². The lowest BCUT2D eigenvalue weighted by Gasteiger charge is -2.09. The molecule has 3 aromatic carbocycles. The van der Waals surface area contributed by atoms with E-state index >= 15 is 0 Å². The smallest absolute Gasteiger partial charge is 0.293 e. The van der Waals surface area contributed by atoms with Crippen LogP contribution in [0, 0.1) is 0 Å². The predicted octanol–water partition coefficient (Wildman–Crippen LogP) is 6.49. The van der Waals surface area contributed by atoms with Crippen LogP contribution in [-0.4, -0.2) is 16.0 Å². The quantitative estimate of drug-likeness (QED) is 0.302. The molecule has 5 aromatic rings. The molecule has 0 aliphatic carbocycles. The first-order valence-electron chi connectivity index (χ1n) is 10.6. The van der Waals surface area contributed by atoms with Gasteiger partial charge in [0.25, 0.3) is 5.91 Å². The van der Waals surface area contributed by atoms with Crippen LogP contribution in [0.2, 0.25) is 0 Å². The maximum atomic E-state index is 12.5. The summed E-state index contributed by atoms with van der Waals surface area (Å²) in [5.74, 6) is 0.714. The standard InChI is InChI=1S/C26H21N3O3S/c1-15(2)16-10-11-22-20(13-16)28-25(32-22)18-7-5-8-19(12-18)27-26(33)29-24(30)23-14-17-6-3-4-9-21(17)31-23/h3-15H,1-2H3,(H2,27,29,30,33). The van der Waals surface area contributed by atoms with Crippen molar-refractivity contribution in [3.05, 3.63) is 84.1 Å². The van der Waals surface area contributed by atoms with Crippen LogP contribution in [0.1, 0.15) is 35.9 Å². The minimum Gasteiger partial charge on any atom is -0.451 e. The number of amides is 1. The first-order valence-corrected chi connectivity index (χ1v) is 11.0. The van der Waals surface area contributed by atoms with Gasteiger partial charge in [-0.1, -0.05) is 44.2 Å². The van der Waals surface area contributed by atoms with E-state index in [0.29, 0.717) is 23.1 Å². The zero-order chi connectivity index (χ0) is 22.9. The third-order valence-electron chi connectivity index (χ3n) is 5.32. The van der Waals surface area contributed by atoms with E-state index in [1.165, 1.54) is 5.56 Å². The van der Waals surface area contributed by atoms with E-state index in [0.717, 1.165) is 22.0 Å². The largest absolute Gasteiger partial charge is 0.451 e. The molecular weight excluding hydrogens is 434 g/mol. The molecule has 0 aliphatic rings. The number of rotatable bonds is 4. The molecule has 164 valence electrons. The van der Waals surface area contributed by atoms with Crippen molar-refractivity contribution in [1.82, 2.24) is 10.3 Å². The van der Waals surface area contributed by atoms with Crippen molar-refractivity contribution in [2.24, 2.45) is 0 Å². The number of oxazole rings is 1. The Morgan fingerprint density at radius 2 is 1.79 bits per heavy atom. The number of thiocarbonyl (C=S) groups is 1. The predicted molar refractivity (Wildman–Crippen MR) is 133 cm³/mol. The lowest BCUT2D eigenvalue weighted by atomic mass is 10.0. The van der Waals surface area contributed by atoms with Crippen LogP contribution in [0.3, 0.4) is 0 Å². The van der Waals surface area contributed by atoms with E-state index in [1.807, 2.05) is 54.6 Å². The van der Waals surface area contributed by atoms with E-state index in [4.69, 9.17) is 21.1 Å². The van der Waals surface area contributed by atoms with Crippen molar-refractivity contribution in [1.29, 1.82) is 0 Å². The van der Waals surface area contributed by atoms with E-state index < -0.39 is 5.91 Å². The van der Waals surface area contributed by atoms with Gasteiger partial charge in [0.05, 0.1) is 0 Å². The van der Waals surface area contributed by atoms with Gasteiger partial charge in [-0.05, 0) is 66.2 Å². The van der Waals surface area contributed by atoms with Gasteiger partial charge in [-0.25, -0.2) is 4.98 Å². The summed E-state index contributed by atoms with van der Waals surface area (Å²) in [4.78, 5) is 17.2. The Morgan fingerprint density at radius 3 is 2.61 bits per heavy atom. The van der Waals surface area contributed by atoms with Crippen molar-refractivity contribution in [3.8, 4) is 11.5 Å². The second-order valence-corrected chi connectivity index (χ2v) is 8.45. The number of furan rings is 1. The summed E-state index contributed by atoms with van der Waals surface area (Å²) in [6.45, 7) is 4.29. The topological polar surface area (TPSA) is 80.3 Å². The van der Waals surface area contributed by atoms with E-state index in [-0.39, 0.29) is 10.9 Å². The highest BCUT2D eigenvalue weighted by Gasteiger charge is 2.14. The number of para-hydroxylation sites is 1. The molecule has 0 unspecified atom stereocenters. The number of nitrogens with zero attached hydrogens (tertiary/aromatic N) is 1. The van der Waals surface area contributed by atoms with Crippen LogP contribution in [0.5, 0.6) is 0 Å². The molecule has 6 nitrogen and oxygen atoms in total. The molecule has 2 N–H and O–H groups in total. The van der Waals surface area contributed by atoms with Gasteiger partial charge < -0.3 is 14.2 Å². The van der Waals surface area contributed by atoms with E-state index in [2.05, 4.69) is 41.6 Å². The average Bonchev–Trinajstić information content (AvgIpc) is 3.43. The third-order valence-corrected chi connectivity index (χ3v) is 5.53. The number of aromatic nitrogens is 1. The van der Waals surface area contributed by atoms with Crippen LogP contribution in [0.4, 0.5) is 5.69 Å². The maximum Gasteiger partial charge on any atom is 0.293 e. The Kier molecular flexibility index (Phi) is 5.40. The van der Waals surface area contributed by atoms with E-state index in [9.17, 15) is 4.79 Å². The SMILES string of the molecule is CC(C)c1ccc2oc(-c3cccc(NC(=S)NC(=O)c4cc5ccccc5o4)c3)nc2c1. The van der Waals surface area contributed by atoms with Crippen molar-refractivity contribution < 1.29 is 13.6 Å². The van der Waals surface area contributed by atoms with Gasteiger partial charge in [0.1, 0.15) is 11.1 Å². The maximum absolute atomic E-state index is 12.5. The number of nitrogens with one attached hydrogen (secondary N) is 2. The van der Waals surface area contributed by atoms with Crippen molar-refractivity contribution in [2.45, 2.75) is 19.8 Å². The molecule has 0 spiro atoms. The van der Waals surface area contributed by atoms with Crippen molar-refractivity contribution in [2.75, 3.05) is 5.32 Å². The first kappa shape index (κ1) is 20.9. The van der Waals surface area contributed by atoms with Crippen molar-refractivity contribution >= 4 is 51.0 Å². The molecule has 0 fully saturated rings. The van der Waals surface area contributed by atoms with Crippen LogP contribution in [-0.2, 0) is 0 Å². The van der Waals surface area contributed by atoms with Gasteiger partial charge in [-0.3, -0.25) is 10.1 Å². The Labute approximate surface area is 195 Å². The normalized spacial score (nSPS) is 11.2. The Morgan fingerprint density at radius 1 is 0.939 bits per heavy atom. The minimum absolute atomic E-state index is 0.164. The monoisotopic (exact) mass is 455 g/mol. The highest BCUT2D eigenvalue weighted by atomic mass is 32.1. The summed E-state index contributed by atoms with van der Waals surface area (Å²) in [5.41, 5.74) is 4.92. The summed E-state index contributed by atoms with van der Waals surface area (Å²) < 4.78 is 11.5. The molecule has 0 bridgehead atoms. The van der Waals surface area contributed by atoms with Crippen LogP contribution >= 0.6 is 12.2 Å². The zero-order valence-corrected chi connectivity index (χ0v) is 18.9. The number of anilines is 1.